The number of nitrogens with zero attached hydrogens (tertiary/aromatic N) is 3. The lowest BCUT2D eigenvalue weighted by molar-refractivity contribution is -0.0236. The zero-order chi connectivity index (χ0) is 25.5. The van der Waals surface area contributed by atoms with E-state index in [1.54, 1.807) is 0 Å². The predicted molar refractivity (Wildman–Crippen MR) is 119 cm³/mol. The van der Waals surface area contributed by atoms with Gasteiger partial charge in [-0.05, 0) is 13.3 Å². The average Bonchev–Trinajstić information content (AvgIpc) is 3.28. The Balaban J connectivity index is 1.79. The van der Waals surface area contributed by atoms with Crippen molar-refractivity contribution >= 4 is 16.6 Å². The summed E-state index contributed by atoms with van der Waals surface area (Å²) in [5.74, 6) is -1.02. The zero-order valence-corrected chi connectivity index (χ0v) is 18.9. The Kier molecular flexibility index (Phi) is 6.67. The highest BCUT2D eigenvalue weighted by molar-refractivity contribution is 5.90. The molecule has 2 atom stereocenters. The number of fused-ring (bicyclic) bond motifs is 1. The van der Waals surface area contributed by atoms with Crippen LogP contribution in [0.2, 0.25) is 0 Å². The molecule has 1 aliphatic heterocycles. The summed E-state index contributed by atoms with van der Waals surface area (Å²) in [4.78, 5) is 25.3. The fourth-order valence-corrected chi connectivity index (χ4v) is 4.27. The van der Waals surface area contributed by atoms with Gasteiger partial charge in [0.1, 0.15) is 5.82 Å². The summed E-state index contributed by atoms with van der Waals surface area (Å²) < 4.78 is 75.8. The highest BCUT2D eigenvalue weighted by Crippen LogP contribution is 2.37. The summed E-state index contributed by atoms with van der Waals surface area (Å²) in [7, 11) is 1.35. The molecule has 1 aromatic carbocycles. The number of halogens is 5. The molecule has 4 rings (SSSR count). The lowest BCUT2D eigenvalue weighted by atomic mass is 9.87. The van der Waals surface area contributed by atoms with Gasteiger partial charge in [0.25, 0.3) is 17.5 Å². The Hall–Kier alpha value is -3.28. The molecule has 1 fully saturated rings. The molecule has 0 spiro atoms. The van der Waals surface area contributed by atoms with Crippen LogP contribution in [0.15, 0.2) is 40.1 Å². The number of ether oxygens (including phenoxy) is 1. The van der Waals surface area contributed by atoms with Crippen LogP contribution in [0.25, 0.3) is 10.8 Å². The number of aromatic nitrogens is 3. The van der Waals surface area contributed by atoms with Crippen molar-refractivity contribution in [3.05, 3.63) is 68.1 Å². The van der Waals surface area contributed by atoms with E-state index in [0.717, 1.165) is 21.4 Å². The molecule has 0 bridgehead atoms. The quantitative estimate of drug-likeness (QED) is 0.498. The second kappa shape index (κ2) is 9.40. The summed E-state index contributed by atoms with van der Waals surface area (Å²) in [6.07, 6.45) is -4.42. The standard InChI is InChI=1S/C23H23F5N4O3/c1-12(13-4-3-5-14(18(13)24)19(25)26)29-20-16-9-32(10-23(22(27)28)6-7-35-11-23)17(33)8-15(16)21(34)31(2)30-20/h3-5,8-9,12,19,22H,6-7,10-11H2,1-2H3,(H,29,30)/t12-,23-/m1/s1. The molecule has 1 saturated heterocycles. The smallest absolute Gasteiger partial charge is 0.274 e. The predicted octanol–water partition coefficient (Wildman–Crippen LogP) is 4.02. The largest absolute Gasteiger partial charge is 0.381 e. The first kappa shape index (κ1) is 24.8. The zero-order valence-electron chi connectivity index (χ0n) is 18.9. The van der Waals surface area contributed by atoms with Gasteiger partial charge in [-0.1, -0.05) is 18.2 Å². The maximum Gasteiger partial charge on any atom is 0.274 e. The highest BCUT2D eigenvalue weighted by Gasteiger charge is 2.44. The lowest BCUT2D eigenvalue weighted by Gasteiger charge is -2.27. The molecule has 0 aliphatic carbocycles. The van der Waals surface area contributed by atoms with Gasteiger partial charge in [-0.25, -0.2) is 26.6 Å². The Bertz CT molecular complexity index is 1370. The number of nitrogens with one attached hydrogen (secondary N) is 1. The van der Waals surface area contributed by atoms with Crippen LogP contribution in [0.4, 0.5) is 27.8 Å². The molecular formula is C23H23F5N4O3. The van der Waals surface area contributed by atoms with Crippen molar-refractivity contribution in [2.24, 2.45) is 12.5 Å². The summed E-state index contributed by atoms with van der Waals surface area (Å²) in [5.41, 5.74) is -3.60. The molecule has 1 aliphatic rings. The maximum atomic E-state index is 14.7. The van der Waals surface area contributed by atoms with E-state index in [-0.39, 0.29) is 48.3 Å². The van der Waals surface area contributed by atoms with Gasteiger partial charge in [0.05, 0.1) is 29.0 Å². The number of pyridine rings is 1. The van der Waals surface area contributed by atoms with E-state index in [9.17, 15) is 31.5 Å². The summed E-state index contributed by atoms with van der Waals surface area (Å²) >= 11 is 0. The topological polar surface area (TPSA) is 78.2 Å². The molecular weight excluding hydrogens is 475 g/mol. The first-order valence-electron chi connectivity index (χ1n) is 10.8. The molecule has 188 valence electrons. The Labute approximate surface area is 196 Å². The molecule has 3 aromatic rings. The van der Waals surface area contributed by atoms with E-state index in [1.165, 1.54) is 32.3 Å². The number of anilines is 1. The Morgan fingerprint density at radius 1 is 1.17 bits per heavy atom. The van der Waals surface area contributed by atoms with Crippen molar-refractivity contribution in [2.45, 2.75) is 38.8 Å². The van der Waals surface area contributed by atoms with Gasteiger partial charge in [-0.15, -0.1) is 0 Å². The van der Waals surface area contributed by atoms with Gasteiger partial charge in [0.15, 0.2) is 5.82 Å². The second-order valence-corrected chi connectivity index (χ2v) is 8.73. The maximum absolute atomic E-state index is 14.7. The fourth-order valence-electron chi connectivity index (χ4n) is 4.27. The Morgan fingerprint density at radius 2 is 1.89 bits per heavy atom. The number of hydrogen-bond acceptors (Lipinski definition) is 5. The van der Waals surface area contributed by atoms with Crippen LogP contribution in [0.3, 0.4) is 0 Å². The van der Waals surface area contributed by atoms with Crippen LogP contribution in [-0.4, -0.2) is 34.0 Å². The Morgan fingerprint density at radius 3 is 2.51 bits per heavy atom. The molecule has 3 heterocycles. The first-order valence-corrected chi connectivity index (χ1v) is 10.8. The van der Waals surface area contributed by atoms with E-state index >= 15 is 0 Å². The van der Waals surface area contributed by atoms with Crippen molar-refractivity contribution in [3.63, 3.8) is 0 Å². The van der Waals surface area contributed by atoms with Gasteiger partial charge in [0, 0.05) is 43.4 Å². The minimum Gasteiger partial charge on any atom is -0.381 e. The molecule has 0 saturated carbocycles. The normalized spacial score (nSPS) is 19.1. The van der Waals surface area contributed by atoms with E-state index in [0.29, 0.717) is 0 Å². The van der Waals surface area contributed by atoms with Crippen molar-refractivity contribution in [3.8, 4) is 0 Å². The van der Waals surface area contributed by atoms with Crippen LogP contribution in [0, 0.1) is 11.2 Å². The van der Waals surface area contributed by atoms with Gasteiger partial charge >= 0.3 is 0 Å². The number of alkyl halides is 4. The SMILES string of the molecule is C[C@@H](Nc1nn(C)c(=O)c2cc(=O)n(C[C@]3(C(F)F)CCOC3)cc12)c1cccc(C(F)F)c1F. The van der Waals surface area contributed by atoms with Gasteiger partial charge in [0.2, 0.25) is 6.43 Å². The fraction of sp³-hybridized carbons (Fsp3) is 0.435. The van der Waals surface area contributed by atoms with Crippen LogP contribution in [0.5, 0.6) is 0 Å². The number of aryl methyl sites for hydroxylation is 1. The molecule has 12 heteroatoms. The summed E-state index contributed by atoms with van der Waals surface area (Å²) in [6, 6.07) is 3.81. The van der Waals surface area contributed by atoms with Crippen molar-refractivity contribution in [2.75, 3.05) is 18.5 Å². The molecule has 2 aromatic heterocycles. The van der Waals surface area contributed by atoms with Crippen LogP contribution in [-0.2, 0) is 18.3 Å². The van der Waals surface area contributed by atoms with Crippen molar-refractivity contribution in [1.82, 2.24) is 14.3 Å². The number of benzene rings is 1. The minimum absolute atomic E-state index is 0.0194. The first-order chi connectivity index (χ1) is 16.5. The third-order valence-electron chi connectivity index (χ3n) is 6.35. The third kappa shape index (κ3) is 4.54. The van der Waals surface area contributed by atoms with Crippen LogP contribution in [0.1, 0.15) is 36.9 Å². The van der Waals surface area contributed by atoms with Gasteiger partial charge in [-0.3, -0.25) is 9.59 Å². The second-order valence-electron chi connectivity index (χ2n) is 8.73. The molecule has 35 heavy (non-hydrogen) atoms. The minimum atomic E-state index is -3.00. The van der Waals surface area contributed by atoms with E-state index in [1.807, 2.05) is 0 Å². The molecule has 0 radical (unpaired) electrons. The van der Waals surface area contributed by atoms with Crippen LogP contribution >= 0.6 is 0 Å². The molecule has 7 nitrogen and oxygen atoms in total. The summed E-state index contributed by atoms with van der Waals surface area (Å²) in [6.45, 7) is 1.10. The number of rotatable bonds is 7. The summed E-state index contributed by atoms with van der Waals surface area (Å²) in [5, 5.41) is 7.17. The average molecular weight is 498 g/mol. The highest BCUT2D eigenvalue weighted by atomic mass is 19.3. The van der Waals surface area contributed by atoms with Crippen LogP contribution < -0.4 is 16.4 Å². The number of hydrogen-bond donors (Lipinski definition) is 1. The molecule has 1 N–H and O–H groups in total. The molecule has 0 unspecified atom stereocenters. The lowest BCUT2D eigenvalue weighted by Crippen LogP contribution is -2.38. The van der Waals surface area contributed by atoms with E-state index in [2.05, 4.69) is 10.4 Å². The van der Waals surface area contributed by atoms with Crippen molar-refractivity contribution in [1.29, 1.82) is 0 Å². The monoisotopic (exact) mass is 498 g/mol. The van der Waals surface area contributed by atoms with E-state index < -0.39 is 46.8 Å². The van der Waals surface area contributed by atoms with Gasteiger partial charge in [-0.2, -0.15) is 5.10 Å². The third-order valence-corrected chi connectivity index (χ3v) is 6.35. The van der Waals surface area contributed by atoms with Gasteiger partial charge < -0.3 is 14.6 Å². The molecule has 0 amide bonds. The van der Waals surface area contributed by atoms with E-state index in [4.69, 9.17) is 4.74 Å². The van der Waals surface area contributed by atoms with Crippen molar-refractivity contribution < 1.29 is 26.7 Å².